The first-order valence-corrected chi connectivity index (χ1v) is 9.54. The normalized spacial score (nSPS) is 19.2. The van der Waals surface area contributed by atoms with Gasteiger partial charge in [0.05, 0.1) is 6.54 Å². The zero-order chi connectivity index (χ0) is 19.3. The number of hydrogen-bond donors (Lipinski definition) is 1. The van der Waals surface area contributed by atoms with Crippen LogP contribution in [-0.4, -0.2) is 48.1 Å². The van der Waals surface area contributed by atoms with Crippen LogP contribution in [0.15, 0.2) is 18.3 Å². The molecule has 0 saturated carbocycles. The van der Waals surface area contributed by atoms with Crippen molar-refractivity contribution in [3.05, 3.63) is 29.1 Å². The summed E-state index contributed by atoms with van der Waals surface area (Å²) in [6, 6.07) is 2.33. The number of ether oxygens (including phenoxy) is 1. The fourth-order valence-electron chi connectivity index (χ4n) is 2.81. The highest BCUT2D eigenvalue weighted by Gasteiger charge is 2.33. The molecule has 1 aliphatic heterocycles. The Bertz CT molecular complexity index is 655. The zero-order valence-corrected chi connectivity index (χ0v) is 17.1. The molecule has 2 heterocycles. The smallest absolute Gasteiger partial charge is 0.228 e. The van der Waals surface area contributed by atoms with Gasteiger partial charge in [-0.3, -0.25) is 4.79 Å². The standard InChI is InChI=1S/C20H30ClN3O2/c1-14(22-5)7-6-8-15-11-17(18(21)23-12-15)26-16-9-10-24(13-16)19(25)20(2,3)4/h6,8,11-12,14,16,22H,7,9-10,13H2,1-5H3/t14-,16+/m0/s1. The molecule has 0 spiro atoms. The molecule has 0 aliphatic carbocycles. The molecule has 0 bridgehead atoms. The Hall–Kier alpha value is -1.59. The van der Waals surface area contributed by atoms with Crippen molar-refractivity contribution in [2.24, 2.45) is 5.41 Å². The molecule has 144 valence electrons. The molecule has 26 heavy (non-hydrogen) atoms. The number of carbonyl (C=O) groups is 1. The third-order valence-electron chi connectivity index (χ3n) is 4.49. The van der Waals surface area contributed by atoms with E-state index in [9.17, 15) is 4.79 Å². The number of carbonyl (C=O) groups excluding carboxylic acids is 1. The molecule has 2 rings (SSSR count). The van der Waals surface area contributed by atoms with Crippen LogP contribution < -0.4 is 10.1 Å². The Kier molecular flexibility index (Phi) is 7.07. The van der Waals surface area contributed by atoms with Gasteiger partial charge in [-0.25, -0.2) is 4.98 Å². The number of hydrogen-bond acceptors (Lipinski definition) is 4. The van der Waals surface area contributed by atoms with Gasteiger partial charge in [-0.2, -0.15) is 0 Å². The topological polar surface area (TPSA) is 54.5 Å². The van der Waals surface area contributed by atoms with E-state index in [1.54, 1.807) is 6.20 Å². The highest BCUT2D eigenvalue weighted by molar-refractivity contribution is 6.30. The lowest BCUT2D eigenvalue weighted by atomic mass is 9.95. The number of nitrogens with zero attached hydrogens (tertiary/aromatic N) is 2. The zero-order valence-electron chi connectivity index (χ0n) is 16.4. The Morgan fingerprint density at radius 1 is 1.54 bits per heavy atom. The summed E-state index contributed by atoms with van der Waals surface area (Å²) in [7, 11) is 1.95. The van der Waals surface area contributed by atoms with Crippen molar-refractivity contribution in [3.63, 3.8) is 0 Å². The van der Waals surface area contributed by atoms with E-state index in [2.05, 4.69) is 23.3 Å². The molecular weight excluding hydrogens is 350 g/mol. The van der Waals surface area contributed by atoms with Crippen molar-refractivity contribution in [1.29, 1.82) is 0 Å². The highest BCUT2D eigenvalue weighted by atomic mass is 35.5. The van der Waals surface area contributed by atoms with Gasteiger partial charge in [-0.15, -0.1) is 0 Å². The molecule has 1 aromatic rings. The first kappa shape index (κ1) is 20.7. The van der Waals surface area contributed by atoms with Crippen LogP contribution in [0.1, 0.15) is 46.1 Å². The van der Waals surface area contributed by atoms with E-state index in [0.29, 0.717) is 30.0 Å². The van der Waals surface area contributed by atoms with E-state index in [-0.39, 0.29) is 17.4 Å². The summed E-state index contributed by atoms with van der Waals surface area (Å²) >= 11 is 6.20. The van der Waals surface area contributed by atoms with E-state index >= 15 is 0 Å². The molecule has 0 aromatic carbocycles. The lowest BCUT2D eigenvalue weighted by Crippen LogP contribution is -2.38. The third-order valence-corrected chi connectivity index (χ3v) is 4.77. The number of halogens is 1. The maximum atomic E-state index is 12.4. The van der Waals surface area contributed by atoms with Gasteiger partial charge in [0.15, 0.2) is 10.9 Å². The molecule has 1 fully saturated rings. The highest BCUT2D eigenvalue weighted by Crippen LogP contribution is 2.28. The quantitative estimate of drug-likeness (QED) is 0.764. The minimum atomic E-state index is -0.372. The van der Waals surface area contributed by atoms with Crippen molar-refractivity contribution < 1.29 is 9.53 Å². The van der Waals surface area contributed by atoms with Crippen molar-refractivity contribution in [1.82, 2.24) is 15.2 Å². The van der Waals surface area contributed by atoms with E-state index in [0.717, 1.165) is 18.4 Å². The molecule has 6 heteroatoms. The molecule has 5 nitrogen and oxygen atoms in total. The number of likely N-dealkylation sites (tertiary alicyclic amines) is 1. The van der Waals surface area contributed by atoms with Crippen LogP contribution >= 0.6 is 11.6 Å². The second-order valence-electron chi connectivity index (χ2n) is 7.92. The van der Waals surface area contributed by atoms with Gasteiger partial charge in [0.25, 0.3) is 0 Å². The summed E-state index contributed by atoms with van der Waals surface area (Å²) in [6.45, 7) is 9.25. The molecule has 0 unspecified atom stereocenters. The van der Waals surface area contributed by atoms with Gasteiger partial charge < -0.3 is 15.0 Å². The number of rotatable bonds is 6. The monoisotopic (exact) mass is 379 g/mol. The molecule has 1 N–H and O–H groups in total. The van der Waals surface area contributed by atoms with E-state index < -0.39 is 0 Å². The predicted octanol–water partition coefficient (Wildman–Crippen LogP) is 3.77. The Morgan fingerprint density at radius 3 is 2.92 bits per heavy atom. The summed E-state index contributed by atoms with van der Waals surface area (Å²) in [5.74, 6) is 0.730. The second-order valence-corrected chi connectivity index (χ2v) is 8.27. The fourth-order valence-corrected chi connectivity index (χ4v) is 2.95. The van der Waals surface area contributed by atoms with Crippen LogP contribution in [0.4, 0.5) is 0 Å². The summed E-state index contributed by atoms with van der Waals surface area (Å²) < 4.78 is 6.05. The molecule has 2 atom stereocenters. The van der Waals surface area contributed by atoms with Crippen molar-refractivity contribution >= 4 is 23.6 Å². The van der Waals surface area contributed by atoms with Gasteiger partial charge in [-0.1, -0.05) is 44.5 Å². The van der Waals surface area contributed by atoms with Gasteiger partial charge in [-0.05, 0) is 32.0 Å². The lowest BCUT2D eigenvalue weighted by Gasteiger charge is -2.25. The summed E-state index contributed by atoms with van der Waals surface area (Å²) in [6.07, 6.45) is 7.55. The Labute approximate surface area is 161 Å². The number of aromatic nitrogens is 1. The number of nitrogens with one attached hydrogen (secondary N) is 1. The van der Waals surface area contributed by atoms with Gasteiger partial charge in [0, 0.05) is 30.6 Å². The third kappa shape index (κ3) is 5.71. The maximum Gasteiger partial charge on any atom is 0.228 e. The molecular formula is C20H30ClN3O2. The molecule has 1 aliphatic rings. The summed E-state index contributed by atoms with van der Waals surface area (Å²) in [5, 5.41) is 3.55. The molecule has 1 saturated heterocycles. The van der Waals surface area contributed by atoms with Gasteiger partial charge in [0.2, 0.25) is 5.91 Å². The summed E-state index contributed by atoms with van der Waals surface area (Å²) in [4.78, 5) is 18.5. The van der Waals surface area contributed by atoms with Crippen LogP contribution in [-0.2, 0) is 4.79 Å². The first-order valence-electron chi connectivity index (χ1n) is 9.16. The van der Waals surface area contributed by atoms with E-state index in [4.69, 9.17) is 16.3 Å². The van der Waals surface area contributed by atoms with Gasteiger partial charge >= 0.3 is 0 Å². The van der Waals surface area contributed by atoms with Crippen LogP contribution in [0.5, 0.6) is 5.75 Å². The molecule has 0 radical (unpaired) electrons. The average molecular weight is 380 g/mol. The Morgan fingerprint density at radius 2 is 2.27 bits per heavy atom. The van der Waals surface area contributed by atoms with E-state index in [1.807, 2.05) is 44.9 Å². The SMILES string of the molecule is CN[C@@H](C)CC=Cc1cnc(Cl)c(O[C@@H]2CCN(C(=O)C(C)(C)C)C2)c1. The predicted molar refractivity (Wildman–Crippen MR) is 106 cm³/mol. The van der Waals surface area contributed by atoms with Crippen LogP contribution in [0.2, 0.25) is 5.15 Å². The minimum absolute atomic E-state index is 0.0517. The fraction of sp³-hybridized carbons (Fsp3) is 0.600. The van der Waals surface area contributed by atoms with Crippen LogP contribution in [0, 0.1) is 5.41 Å². The van der Waals surface area contributed by atoms with Crippen molar-refractivity contribution in [2.75, 3.05) is 20.1 Å². The Balaban J connectivity index is 1.99. The average Bonchev–Trinajstić information content (AvgIpc) is 3.04. The van der Waals surface area contributed by atoms with E-state index in [1.165, 1.54) is 0 Å². The molecule has 1 aromatic heterocycles. The second kappa shape index (κ2) is 8.87. The van der Waals surface area contributed by atoms with Crippen molar-refractivity contribution in [3.8, 4) is 5.75 Å². The largest absolute Gasteiger partial charge is 0.485 e. The minimum Gasteiger partial charge on any atom is -0.485 e. The van der Waals surface area contributed by atoms with Crippen LogP contribution in [0.3, 0.4) is 0 Å². The van der Waals surface area contributed by atoms with Gasteiger partial charge in [0.1, 0.15) is 6.10 Å². The summed E-state index contributed by atoms with van der Waals surface area (Å²) in [5.41, 5.74) is 0.580. The van der Waals surface area contributed by atoms with Crippen LogP contribution in [0.25, 0.3) is 6.08 Å². The number of amides is 1. The maximum absolute atomic E-state index is 12.4. The molecule has 1 amide bonds. The lowest BCUT2D eigenvalue weighted by molar-refractivity contribution is -0.138. The van der Waals surface area contributed by atoms with Crippen molar-refractivity contribution in [2.45, 2.75) is 52.7 Å². The number of pyridine rings is 1. The first-order chi connectivity index (χ1) is 12.2.